The van der Waals surface area contributed by atoms with Crippen LogP contribution in [0.4, 0.5) is 0 Å². The van der Waals surface area contributed by atoms with Gasteiger partial charge in [-0.05, 0) is 41.7 Å². The van der Waals surface area contributed by atoms with Gasteiger partial charge in [-0.1, -0.05) is 91.0 Å². The third-order valence-corrected chi connectivity index (χ3v) is 6.78. The van der Waals surface area contributed by atoms with Crippen LogP contribution in [0, 0.1) is 0 Å². The van der Waals surface area contributed by atoms with Crippen LogP contribution in [-0.4, -0.2) is 30.5 Å². The number of nitrogens with zero attached hydrogens (tertiary/aromatic N) is 2. The Morgan fingerprint density at radius 3 is 2.18 bits per heavy atom. The first-order chi connectivity index (χ1) is 16.1. The van der Waals surface area contributed by atoms with E-state index in [4.69, 9.17) is 22.3 Å². The van der Waals surface area contributed by atoms with Crippen molar-refractivity contribution in [3.8, 4) is 0 Å². The Morgan fingerprint density at radius 2 is 1.55 bits per heavy atom. The molecule has 0 radical (unpaired) electrons. The van der Waals surface area contributed by atoms with Crippen LogP contribution in [-0.2, 0) is 12.0 Å². The predicted octanol–water partition coefficient (Wildman–Crippen LogP) is 5.45. The van der Waals surface area contributed by atoms with Gasteiger partial charge in [-0.2, -0.15) is 0 Å². The van der Waals surface area contributed by atoms with E-state index in [9.17, 15) is 0 Å². The van der Waals surface area contributed by atoms with Crippen molar-refractivity contribution in [3.63, 3.8) is 0 Å². The van der Waals surface area contributed by atoms with Crippen LogP contribution in [0.3, 0.4) is 0 Å². The smallest absolute Gasteiger partial charge is 0.106 e. The molecule has 3 aromatic rings. The lowest BCUT2D eigenvalue weighted by Gasteiger charge is -2.43. The van der Waals surface area contributed by atoms with Crippen molar-refractivity contribution in [1.82, 2.24) is 10.2 Å². The fourth-order valence-electron chi connectivity index (χ4n) is 4.52. The van der Waals surface area contributed by atoms with Gasteiger partial charge in [-0.25, -0.2) is 0 Å². The fourth-order valence-corrected chi connectivity index (χ4v) is 4.64. The number of benzene rings is 3. The van der Waals surface area contributed by atoms with E-state index in [1.807, 2.05) is 36.4 Å². The summed E-state index contributed by atoms with van der Waals surface area (Å²) in [5.41, 5.74) is 11.1. The summed E-state index contributed by atoms with van der Waals surface area (Å²) >= 11 is 5.97. The molecule has 0 saturated carbocycles. The van der Waals surface area contributed by atoms with Crippen molar-refractivity contribution in [2.24, 2.45) is 10.7 Å². The molecule has 170 valence electrons. The van der Waals surface area contributed by atoms with Gasteiger partial charge in [0.1, 0.15) is 5.84 Å². The normalized spacial score (nSPS) is 15.9. The Kier molecular flexibility index (Phi) is 7.48. The lowest BCUT2D eigenvalue weighted by molar-refractivity contribution is 0.265. The van der Waals surface area contributed by atoms with Crippen molar-refractivity contribution in [2.75, 3.05) is 19.8 Å². The zero-order valence-electron chi connectivity index (χ0n) is 18.9. The van der Waals surface area contributed by atoms with Gasteiger partial charge in [0.25, 0.3) is 0 Å². The lowest BCUT2D eigenvalue weighted by Crippen LogP contribution is -2.50. The molecule has 0 amide bonds. The number of nitrogens with one attached hydrogen (secondary N) is 1. The maximum Gasteiger partial charge on any atom is 0.106 e. The second-order valence-electron chi connectivity index (χ2n) is 8.50. The fraction of sp³-hybridized carbons (Fsp3) is 0.250. The van der Waals surface area contributed by atoms with Crippen molar-refractivity contribution >= 4 is 23.1 Å². The summed E-state index contributed by atoms with van der Waals surface area (Å²) in [5, 5.41) is 4.12. The molecule has 1 aliphatic heterocycles. The van der Waals surface area contributed by atoms with Crippen molar-refractivity contribution in [1.29, 1.82) is 0 Å². The number of rotatable bonds is 8. The van der Waals surface area contributed by atoms with E-state index >= 15 is 0 Å². The molecular weight excluding hydrogens is 428 g/mol. The summed E-state index contributed by atoms with van der Waals surface area (Å²) in [7, 11) is 0. The second-order valence-corrected chi connectivity index (χ2v) is 8.94. The number of nitrogens with two attached hydrogens (primary N) is 1. The van der Waals surface area contributed by atoms with Gasteiger partial charge in [-0.3, -0.25) is 10.3 Å². The molecule has 1 aliphatic rings. The maximum absolute atomic E-state index is 6.70. The molecule has 4 nitrogen and oxygen atoms in total. The molecule has 33 heavy (non-hydrogen) atoms. The Morgan fingerprint density at radius 1 is 0.939 bits per heavy atom. The molecule has 1 saturated heterocycles. The number of amidine groups is 1. The highest BCUT2D eigenvalue weighted by atomic mass is 35.5. The van der Waals surface area contributed by atoms with Crippen molar-refractivity contribution in [3.05, 3.63) is 113 Å². The average molecular weight is 459 g/mol. The minimum absolute atomic E-state index is 0.267. The summed E-state index contributed by atoms with van der Waals surface area (Å²) < 4.78 is 0. The monoisotopic (exact) mass is 458 g/mol. The van der Waals surface area contributed by atoms with Crippen LogP contribution in [0.15, 0.2) is 96.5 Å². The van der Waals surface area contributed by atoms with E-state index in [0.29, 0.717) is 12.5 Å². The molecule has 3 aromatic carbocycles. The lowest BCUT2D eigenvalue weighted by atomic mass is 9.71. The minimum atomic E-state index is -0.267. The van der Waals surface area contributed by atoms with Crippen molar-refractivity contribution in [2.45, 2.75) is 24.8 Å². The number of hydrogen-bond donors (Lipinski definition) is 2. The van der Waals surface area contributed by atoms with E-state index in [-0.39, 0.29) is 5.41 Å². The molecule has 3 N–H and O–H groups in total. The molecule has 1 heterocycles. The van der Waals surface area contributed by atoms with Gasteiger partial charge < -0.3 is 10.6 Å². The molecule has 5 heteroatoms. The molecular formula is C28H31ClN4. The molecule has 4 rings (SSSR count). The van der Waals surface area contributed by atoms with Gasteiger partial charge in [0.2, 0.25) is 0 Å². The van der Waals surface area contributed by atoms with E-state index in [0.717, 1.165) is 48.8 Å². The highest BCUT2D eigenvalue weighted by Gasteiger charge is 2.40. The third kappa shape index (κ3) is 5.47. The van der Waals surface area contributed by atoms with Crippen LogP contribution < -0.4 is 11.1 Å². The number of piperidine rings is 1. The molecule has 0 aliphatic carbocycles. The first kappa shape index (κ1) is 23.1. The molecule has 1 fully saturated rings. The Hall–Kier alpha value is -3.08. The van der Waals surface area contributed by atoms with Crippen LogP contribution in [0.1, 0.15) is 29.5 Å². The summed E-state index contributed by atoms with van der Waals surface area (Å²) in [6.07, 6.45) is 1.80. The number of aliphatic imine (C=N–C) groups is 1. The summed E-state index contributed by atoms with van der Waals surface area (Å²) in [6.45, 7) is 7.32. The van der Waals surface area contributed by atoms with Crippen LogP contribution in [0.5, 0.6) is 0 Å². The zero-order chi connectivity index (χ0) is 23.1. The number of hydrogen-bond acceptors (Lipinski definition) is 3. The van der Waals surface area contributed by atoms with Crippen LogP contribution >= 0.6 is 11.6 Å². The summed E-state index contributed by atoms with van der Waals surface area (Å²) in [6, 6.07) is 28.8. The van der Waals surface area contributed by atoms with Gasteiger partial charge in [0.15, 0.2) is 0 Å². The summed E-state index contributed by atoms with van der Waals surface area (Å²) in [5.74, 6) is 0.697. The first-order valence-corrected chi connectivity index (χ1v) is 11.8. The van der Waals surface area contributed by atoms with Gasteiger partial charge in [0, 0.05) is 30.4 Å². The standard InChI is InChI=1S/C28H31ClN4/c1-22(24-8-4-2-5-9-24)33-18-16-28(17-19-33,25-10-6-3-7-11-25)27(30)32-21-31-20-23-12-14-26(29)15-13-23/h2-15,31H,1,16-21H2,(H2,30,32). The summed E-state index contributed by atoms with van der Waals surface area (Å²) in [4.78, 5) is 7.14. The molecule has 0 aromatic heterocycles. The van der Waals surface area contributed by atoms with Crippen LogP contribution in [0.2, 0.25) is 5.02 Å². The minimum Gasteiger partial charge on any atom is -0.387 e. The maximum atomic E-state index is 6.70. The molecule has 0 spiro atoms. The predicted molar refractivity (Wildman–Crippen MR) is 139 cm³/mol. The third-order valence-electron chi connectivity index (χ3n) is 6.53. The largest absolute Gasteiger partial charge is 0.387 e. The number of halogens is 1. The quantitative estimate of drug-likeness (QED) is 0.268. The Balaban J connectivity index is 1.45. The molecule has 0 unspecified atom stereocenters. The van der Waals surface area contributed by atoms with E-state index in [2.05, 4.69) is 65.3 Å². The van der Waals surface area contributed by atoms with Crippen LogP contribution in [0.25, 0.3) is 5.70 Å². The van der Waals surface area contributed by atoms with E-state index in [1.165, 1.54) is 11.1 Å². The number of likely N-dealkylation sites (tertiary alicyclic amines) is 1. The van der Waals surface area contributed by atoms with Gasteiger partial charge in [0.05, 0.1) is 12.1 Å². The SMILES string of the molecule is C=C(c1ccccc1)N1CCC(C(N)=NCNCc2ccc(Cl)cc2)(c2ccccc2)CC1. The van der Waals surface area contributed by atoms with Crippen molar-refractivity contribution < 1.29 is 0 Å². The average Bonchev–Trinajstić information content (AvgIpc) is 2.88. The highest BCUT2D eigenvalue weighted by molar-refractivity contribution is 6.30. The topological polar surface area (TPSA) is 53.6 Å². The first-order valence-electron chi connectivity index (χ1n) is 11.4. The molecule has 0 bridgehead atoms. The highest BCUT2D eigenvalue weighted by Crippen LogP contribution is 2.37. The Labute approximate surface area is 201 Å². The van der Waals surface area contributed by atoms with Gasteiger partial charge in [-0.15, -0.1) is 0 Å². The zero-order valence-corrected chi connectivity index (χ0v) is 19.6. The van der Waals surface area contributed by atoms with E-state index in [1.54, 1.807) is 0 Å². The Bertz CT molecular complexity index is 1070. The molecule has 0 atom stereocenters. The van der Waals surface area contributed by atoms with E-state index < -0.39 is 0 Å². The van der Waals surface area contributed by atoms with Gasteiger partial charge >= 0.3 is 0 Å². The second kappa shape index (κ2) is 10.7.